The Labute approximate surface area is 135 Å². The lowest BCUT2D eigenvalue weighted by Gasteiger charge is -2.29. The maximum atomic E-state index is 11.7. The van der Waals surface area contributed by atoms with Crippen LogP contribution in [0.5, 0.6) is 11.8 Å². The fraction of sp³-hybridized carbons (Fsp3) is 0.667. The number of hydrogen-bond donors (Lipinski definition) is 2. The maximum absolute atomic E-state index is 11.7. The fourth-order valence-corrected chi connectivity index (χ4v) is 2.52. The highest BCUT2D eigenvalue weighted by Gasteiger charge is 2.24. The predicted octanol–water partition coefficient (Wildman–Crippen LogP) is 1.12. The summed E-state index contributed by atoms with van der Waals surface area (Å²) >= 11 is 0. The molecule has 8 nitrogen and oxygen atoms in total. The molecule has 0 atom stereocenters. The smallest absolute Gasteiger partial charge is 0.315 e. The Bertz CT molecular complexity index is 492. The second-order valence-corrected chi connectivity index (χ2v) is 5.36. The van der Waals surface area contributed by atoms with Gasteiger partial charge in [-0.2, -0.15) is 0 Å². The normalized spacial score (nSPS) is 20.6. The van der Waals surface area contributed by atoms with E-state index < -0.39 is 0 Å². The molecule has 0 unspecified atom stereocenters. The van der Waals surface area contributed by atoms with Crippen LogP contribution in [0, 0.1) is 0 Å². The third-order valence-electron chi connectivity index (χ3n) is 3.71. The van der Waals surface area contributed by atoms with Gasteiger partial charge >= 0.3 is 6.03 Å². The molecule has 1 saturated carbocycles. The number of ether oxygens (including phenoxy) is 3. The van der Waals surface area contributed by atoms with E-state index >= 15 is 0 Å². The van der Waals surface area contributed by atoms with Crippen LogP contribution < -0.4 is 20.1 Å². The van der Waals surface area contributed by atoms with Gasteiger partial charge in [-0.3, -0.25) is 0 Å². The Morgan fingerprint density at radius 1 is 1.17 bits per heavy atom. The van der Waals surface area contributed by atoms with Crippen molar-refractivity contribution in [2.75, 3.05) is 27.4 Å². The van der Waals surface area contributed by atoms with Crippen LogP contribution >= 0.6 is 0 Å². The van der Waals surface area contributed by atoms with Crippen molar-refractivity contribution >= 4 is 6.03 Å². The molecule has 1 aliphatic rings. The number of urea groups is 1. The van der Waals surface area contributed by atoms with Crippen molar-refractivity contribution in [3.8, 4) is 11.8 Å². The van der Waals surface area contributed by atoms with Gasteiger partial charge in [0, 0.05) is 32.1 Å². The first-order valence-electron chi connectivity index (χ1n) is 7.78. The van der Waals surface area contributed by atoms with E-state index in [-0.39, 0.29) is 18.2 Å². The number of carbonyl (C=O) groups is 1. The molecule has 0 aromatic carbocycles. The van der Waals surface area contributed by atoms with Crippen molar-refractivity contribution in [3.63, 3.8) is 0 Å². The van der Waals surface area contributed by atoms with Crippen molar-refractivity contribution in [2.24, 2.45) is 0 Å². The minimum atomic E-state index is -0.151. The number of methoxy groups -OCH3 is 2. The molecule has 1 heterocycles. The standard InChI is InChI=1S/C15H24N4O4/c1-21-10-9-18-15(20)19-11-3-5-12(6-4-11)23-14-13(22-2)16-7-8-17-14/h7-8,11-12H,3-6,9-10H2,1-2H3,(H2,18,19,20). The number of nitrogens with zero attached hydrogens (tertiary/aromatic N) is 2. The van der Waals surface area contributed by atoms with E-state index in [1.807, 2.05) is 0 Å². The van der Waals surface area contributed by atoms with E-state index in [1.165, 1.54) is 0 Å². The zero-order chi connectivity index (χ0) is 16.5. The molecule has 0 radical (unpaired) electrons. The summed E-state index contributed by atoms with van der Waals surface area (Å²) in [4.78, 5) is 19.9. The molecule has 23 heavy (non-hydrogen) atoms. The second-order valence-electron chi connectivity index (χ2n) is 5.36. The molecule has 1 fully saturated rings. The van der Waals surface area contributed by atoms with Crippen molar-refractivity contribution in [3.05, 3.63) is 12.4 Å². The highest BCUT2D eigenvalue weighted by atomic mass is 16.5. The first-order chi connectivity index (χ1) is 11.2. The molecule has 1 aromatic rings. The Morgan fingerprint density at radius 3 is 2.52 bits per heavy atom. The third kappa shape index (κ3) is 5.55. The monoisotopic (exact) mass is 324 g/mol. The minimum Gasteiger partial charge on any atom is -0.477 e. The van der Waals surface area contributed by atoms with E-state index in [9.17, 15) is 4.79 Å². The lowest BCUT2D eigenvalue weighted by atomic mass is 9.93. The van der Waals surface area contributed by atoms with Crippen molar-refractivity contribution in [1.82, 2.24) is 20.6 Å². The Morgan fingerprint density at radius 2 is 1.87 bits per heavy atom. The molecule has 2 N–H and O–H groups in total. The predicted molar refractivity (Wildman–Crippen MR) is 83.7 cm³/mol. The Kier molecular flexibility index (Phi) is 6.86. The summed E-state index contributed by atoms with van der Waals surface area (Å²) in [6, 6.07) is 0.0168. The number of rotatable bonds is 7. The van der Waals surface area contributed by atoms with Crippen LogP contribution in [0.15, 0.2) is 12.4 Å². The van der Waals surface area contributed by atoms with Crippen molar-refractivity contribution in [1.29, 1.82) is 0 Å². The summed E-state index contributed by atoms with van der Waals surface area (Å²) in [7, 11) is 3.15. The van der Waals surface area contributed by atoms with Gasteiger partial charge in [-0.05, 0) is 25.7 Å². The van der Waals surface area contributed by atoms with Crippen molar-refractivity contribution < 1.29 is 19.0 Å². The van der Waals surface area contributed by atoms with Crippen LogP contribution in [0.25, 0.3) is 0 Å². The van der Waals surface area contributed by atoms with Crippen molar-refractivity contribution in [2.45, 2.75) is 37.8 Å². The van der Waals surface area contributed by atoms with Crippen LogP contribution in [0.3, 0.4) is 0 Å². The summed E-state index contributed by atoms with van der Waals surface area (Å²) in [5.74, 6) is 0.814. The molecule has 0 spiro atoms. The number of nitrogens with one attached hydrogen (secondary N) is 2. The SMILES string of the molecule is COCCNC(=O)NC1CCC(Oc2nccnc2OC)CC1. The lowest BCUT2D eigenvalue weighted by Crippen LogP contribution is -2.45. The molecule has 1 aromatic heterocycles. The molecule has 2 amide bonds. The second kappa shape index (κ2) is 9.14. The van der Waals surface area contributed by atoms with Crippen LogP contribution in [-0.4, -0.2) is 55.5 Å². The molecule has 0 saturated heterocycles. The van der Waals surface area contributed by atoms with E-state index in [2.05, 4.69) is 20.6 Å². The van der Waals surface area contributed by atoms with Gasteiger partial charge in [0.2, 0.25) is 0 Å². The van der Waals surface area contributed by atoms with Crippen LogP contribution in [0.4, 0.5) is 4.79 Å². The summed E-state index contributed by atoms with van der Waals surface area (Å²) in [5.41, 5.74) is 0. The average Bonchev–Trinajstić information content (AvgIpc) is 2.57. The number of aromatic nitrogens is 2. The highest BCUT2D eigenvalue weighted by molar-refractivity contribution is 5.74. The van der Waals surface area contributed by atoms with E-state index in [0.29, 0.717) is 24.9 Å². The summed E-state index contributed by atoms with van der Waals surface area (Å²) < 4.78 is 15.9. The average molecular weight is 324 g/mol. The maximum Gasteiger partial charge on any atom is 0.315 e. The van der Waals surface area contributed by atoms with E-state index in [0.717, 1.165) is 25.7 Å². The quantitative estimate of drug-likeness (QED) is 0.730. The lowest BCUT2D eigenvalue weighted by molar-refractivity contribution is 0.128. The van der Waals surface area contributed by atoms with E-state index in [1.54, 1.807) is 26.6 Å². The zero-order valence-electron chi connectivity index (χ0n) is 13.6. The highest BCUT2D eigenvalue weighted by Crippen LogP contribution is 2.27. The molecule has 8 heteroatoms. The molecule has 0 aliphatic heterocycles. The summed E-state index contributed by atoms with van der Waals surface area (Å²) in [6.07, 6.45) is 6.64. The number of amides is 2. The summed E-state index contributed by atoms with van der Waals surface area (Å²) in [5, 5.41) is 5.73. The topological polar surface area (TPSA) is 94.6 Å². The molecular formula is C15H24N4O4. The van der Waals surface area contributed by atoms with Crippen LogP contribution in [-0.2, 0) is 4.74 Å². The van der Waals surface area contributed by atoms with Gasteiger partial charge < -0.3 is 24.8 Å². The van der Waals surface area contributed by atoms with Crippen LogP contribution in [0.2, 0.25) is 0 Å². The van der Waals surface area contributed by atoms with Gasteiger partial charge in [0.25, 0.3) is 11.8 Å². The van der Waals surface area contributed by atoms with Gasteiger partial charge in [-0.1, -0.05) is 0 Å². The number of carbonyl (C=O) groups excluding carboxylic acids is 1. The Hall–Kier alpha value is -2.09. The zero-order valence-corrected chi connectivity index (χ0v) is 13.6. The number of hydrogen-bond acceptors (Lipinski definition) is 6. The minimum absolute atomic E-state index is 0.0650. The largest absolute Gasteiger partial charge is 0.477 e. The van der Waals surface area contributed by atoms with Crippen LogP contribution in [0.1, 0.15) is 25.7 Å². The molecule has 0 bridgehead atoms. The Balaban J connectivity index is 1.72. The molecule has 1 aliphatic carbocycles. The molecule has 2 rings (SSSR count). The van der Waals surface area contributed by atoms with Gasteiger partial charge in [0.1, 0.15) is 6.10 Å². The van der Waals surface area contributed by atoms with Gasteiger partial charge in [-0.25, -0.2) is 14.8 Å². The fourth-order valence-electron chi connectivity index (χ4n) is 2.52. The summed E-state index contributed by atoms with van der Waals surface area (Å²) in [6.45, 7) is 1.02. The molecular weight excluding hydrogens is 300 g/mol. The van der Waals surface area contributed by atoms with Gasteiger partial charge in [-0.15, -0.1) is 0 Å². The van der Waals surface area contributed by atoms with Gasteiger partial charge in [0.05, 0.1) is 13.7 Å². The molecule has 128 valence electrons. The van der Waals surface area contributed by atoms with E-state index in [4.69, 9.17) is 14.2 Å². The first-order valence-corrected chi connectivity index (χ1v) is 7.78. The van der Waals surface area contributed by atoms with Gasteiger partial charge in [0.15, 0.2) is 0 Å². The first kappa shape index (κ1) is 17.3. The third-order valence-corrected chi connectivity index (χ3v) is 3.71.